The zero-order valence-corrected chi connectivity index (χ0v) is 9.66. The minimum absolute atomic E-state index is 0.222. The first-order valence-corrected chi connectivity index (χ1v) is 5.62. The molecule has 4 heteroatoms. The van der Waals surface area contributed by atoms with E-state index in [0.29, 0.717) is 5.92 Å². The van der Waals surface area contributed by atoms with E-state index in [9.17, 15) is 4.79 Å². The molecule has 0 aromatic rings. The van der Waals surface area contributed by atoms with Crippen LogP contribution in [-0.4, -0.2) is 24.2 Å². The van der Waals surface area contributed by atoms with E-state index in [0.717, 1.165) is 12.8 Å². The summed E-state index contributed by atoms with van der Waals surface area (Å²) in [5, 5.41) is 0. The highest BCUT2D eigenvalue weighted by Crippen LogP contribution is 2.26. The van der Waals surface area contributed by atoms with Crippen LogP contribution in [0.3, 0.4) is 0 Å². The molecule has 1 saturated carbocycles. The Morgan fingerprint density at radius 3 is 2.73 bits per heavy atom. The molecule has 1 amide bonds. The van der Waals surface area contributed by atoms with Gasteiger partial charge in [0.25, 0.3) is 0 Å². The molecule has 0 saturated heterocycles. The van der Waals surface area contributed by atoms with Gasteiger partial charge < -0.3 is 16.2 Å². The van der Waals surface area contributed by atoms with E-state index in [1.54, 1.807) is 6.92 Å². The Morgan fingerprint density at radius 1 is 1.53 bits per heavy atom. The van der Waals surface area contributed by atoms with E-state index in [-0.39, 0.29) is 12.7 Å². The lowest BCUT2D eigenvalue weighted by Gasteiger charge is -2.29. The van der Waals surface area contributed by atoms with Crippen molar-refractivity contribution in [2.24, 2.45) is 17.4 Å². The van der Waals surface area contributed by atoms with Crippen LogP contribution in [0.25, 0.3) is 0 Å². The summed E-state index contributed by atoms with van der Waals surface area (Å²) in [7, 11) is 0. The third-order valence-electron chi connectivity index (χ3n) is 3.07. The van der Waals surface area contributed by atoms with Gasteiger partial charge >= 0.3 is 0 Å². The maximum atomic E-state index is 11.0. The fourth-order valence-electron chi connectivity index (χ4n) is 1.89. The van der Waals surface area contributed by atoms with Gasteiger partial charge in [0, 0.05) is 0 Å². The van der Waals surface area contributed by atoms with Gasteiger partial charge in [-0.25, -0.2) is 0 Å². The number of rotatable bonds is 4. The van der Waals surface area contributed by atoms with E-state index in [1.807, 2.05) is 0 Å². The van der Waals surface area contributed by atoms with Crippen LogP contribution in [0.1, 0.15) is 39.5 Å². The van der Waals surface area contributed by atoms with Crippen molar-refractivity contribution in [2.45, 2.75) is 51.2 Å². The van der Waals surface area contributed by atoms with E-state index in [4.69, 9.17) is 16.2 Å². The number of carbonyl (C=O) groups is 1. The van der Waals surface area contributed by atoms with E-state index in [2.05, 4.69) is 6.92 Å². The van der Waals surface area contributed by atoms with Crippen molar-refractivity contribution in [3.05, 3.63) is 0 Å². The minimum atomic E-state index is -1.04. The molecule has 4 N–H and O–H groups in total. The summed E-state index contributed by atoms with van der Waals surface area (Å²) in [5.41, 5.74) is 9.84. The highest BCUT2D eigenvalue weighted by molar-refractivity contribution is 5.83. The van der Waals surface area contributed by atoms with Crippen molar-refractivity contribution < 1.29 is 9.53 Å². The molecule has 3 unspecified atom stereocenters. The molecular weight excluding hydrogens is 192 g/mol. The Kier molecular flexibility index (Phi) is 4.11. The maximum absolute atomic E-state index is 11.0. The van der Waals surface area contributed by atoms with Crippen molar-refractivity contribution in [2.75, 3.05) is 6.61 Å². The molecule has 0 radical (unpaired) electrons. The number of ether oxygens (including phenoxy) is 1. The zero-order valence-electron chi connectivity index (χ0n) is 9.66. The summed E-state index contributed by atoms with van der Waals surface area (Å²) in [5.74, 6) is 0.202. The van der Waals surface area contributed by atoms with E-state index in [1.165, 1.54) is 12.8 Å². The summed E-state index contributed by atoms with van der Waals surface area (Å²) >= 11 is 0. The lowest BCUT2D eigenvalue weighted by molar-refractivity contribution is -0.126. The van der Waals surface area contributed by atoms with Crippen LogP contribution >= 0.6 is 0 Å². The smallest absolute Gasteiger partial charge is 0.239 e. The molecular formula is C11H22N2O2. The zero-order chi connectivity index (χ0) is 11.5. The summed E-state index contributed by atoms with van der Waals surface area (Å²) < 4.78 is 5.65. The lowest BCUT2D eigenvalue weighted by atomic mass is 9.88. The van der Waals surface area contributed by atoms with Gasteiger partial charge in [-0.2, -0.15) is 0 Å². The van der Waals surface area contributed by atoms with Crippen LogP contribution in [0.15, 0.2) is 0 Å². The molecule has 88 valence electrons. The Bertz CT molecular complexity index is 229. The maximum Gasteiger partial charge on any atom is 0.239 e. The number of carbonyl (C=O) groups excluding carboxylic acids is 1. The van der Waals surface area contributed by atoms with Crippen LogP contribution in [0, 0.1) is 5.92 Å². The van der Waals surface area contributed by atoms with Gasteiger partial charge in [0.05, 0.1) is 12.7 Å². The second-order valence-electron chi connectivity index (χ2n) is 4.99. The molecule has 0 aromatic heterocycles. The number of nitrogens with two attached hydrogens (primary N) is 2. The predicted molar refractivity (Wildman–Crippen MR) is 59.2 cm³/mol. The second kappa shape index (κ2) is 4.94. The molecule has 1 aliphatic carbocycles. The van der Waals surface area contributed by atoms with Crippen molar-refractivity contribution in [1.82, 2.24) is 0 Å². The Balaban J connectivity index is 2.33. The number of primary amides is 1. The first-order chi connectivity index (χ1) is 6.92. The van der Waals surface area contributed by atoms with Crippen molar-refractivity contribution >= 4 is 5.91 Å². The molecule has 1 rings (SSSR count). The van der Waals surface area contributed by atoms with Gasteiger partial charge in [-0.1, -0.05) is 19.8 Å². The molecule has 0 aliphatic heterocycles. The van der Waals surface area contributed by atoms with Crippen LogP contribution in [0.2, 0.25) is 0 Å². The highest BCUT2D eigenvalue weighted by Gasteiger charge is 2.28. The topological polar surface area (TPSA) is 78.3 Å². The molecule has 0 spiro atoms. The van der Waals surface area contributed by atoms with E-state index < -0.39 is 11.4 Å². The van der Waals surface area contributed by atoms with Crippen molar-refractivity contribution in [3.8, 4) is 0 Å². The third kappa shape index (κ3) is 3.80. The van der Waals surface area contributed by atoms with Gasteiger partial charge in [0.15, 0.2) is 0 Å². The second-order valence-corrected chi connectivity index (χ2v) is 4.99. The number of hydrogen-bond acceptors (Lipinski definition) is 3. The highest BCUT2D eigenvalue weighted by atomic mass is 16.5. The molecule has 1 aliphatic rings. The normalized spacial score (nSPS) is 30.9. The summed E-state index contributed by atoms with van der Waals surface area (Å²) in [6, 6.07) is 0. The molecule has 0 heterocycles. The third-order valence-corrected chi connectivity index (χ3v) is 3.07. The van der Waals surface area contributed by atoms with Gasteiger partial charge in [0.1, 0.15) is 5.54 Å². The summed E-state index contributed by atoms with van der Waals surface area (Å²) in [4.78, 5) is 11.0. The van der Waals surface area contributed by atoms with Crippen molar-refractivity contribution in [3.63, 3.8) is 0 Å². The largest absolute Gasteiger partial charge is 0.376 e. The minimum Gasteiger partial charge on any atom is -0.376 e. The molecule has 0 bridgehead atoms. The van der Waals surface area contributed by atoms with Crippen LogP contribution in [0.4, 0.5) is 0 Å². The average molecular weight is 214 g/mol. The summed E-state index contributed by atoms with van der Waals surface area (Å²) in [6.45, 7) is 4.06. The van der Waals surface area contributed by atoms with Gasteiger partial charge in [-0.15, -0.1) is 0 Å². The Labute approximate surface area is 91.3 Å². The molecule has 4 nitrogen and oxygen atoms in total. The van der Waals surface area contributed by atoms with Gasteiger partial charge in [0.2, 0.25) is 5.91 Å². The quantitative estimate of drug-likeness (QED) is 0.726. The standard InChI is InChI=1S/C11H22N2O2/c1-8-4-3-5-9(6-8)15-7-11(2,13)10(12)14/h8-9H,3-7,13H2,1-2H3,(H2,12,14). The Hall–Kier alpha value is -0.610. The molecule has 15 heavy (non-hydrogen) atoms. The number of amides is 1. The molecule has 1 fully saturated rings. The molecule has 3 atom stereocenters. The van der Waals surface area contributed by atoms with Crippen LogP contribution in [0.5, 0.6) is 0 Å². The SMILES string of the molecule is CC1CCCC(OCC(C)(N)C(N)=O)C1. The van der Waals surface area contributed by atoms with Gasteiger partial charge in [-0.05, 0) is 25.7 Å². The first-order valence-electron chi connectivity index (χ1n) is 5.62. The fraction of sp³-hybridized carbons (Fsp3) is 0.909. The van der Waals surface area contributed by atoms with Gasteiger partial charge in [-0.3, -0.25) is 4.79 Å². The van der Waals surface area contributed by atoms with Crippen LogP contribution < -0.4 is 11.5 Å². The Morgan fingerprint density at radius 2 is 2.20 bits per heavy atom. The fourth-order valence-corrected chi connectivity index (χ4v) is 1.89. The predicted octanol–water partition coefficient (Wildman–Crippen LogP) is 0.784. The van der Waals surface area contributed by atoms with Crippen LogP contribution in [-0.2, 0) is 9.53 Å². The number of hydrogen-bond donors (Lipinski definition) is 2. The lowest BCUT2D eigenvalue weighted by Crippen LogP contribution is -2.53. The van der Waals surface area contributed by atoms with E-state index >= 15 is 0 Å². The van der Waals surface area contributed by atoms with Crippen molar-refractivity contribution in [1.29, 1.82) is 0 Å². The molecule has 0 aromatic carbocycles. The first kappa shape index (κ1) is 12.5. The summed E-state index contributed by atoms with van der Waals surface area (Å²) in [6.07, 6.45) is 4.85. The average Bonchev–Trinajstić information content (AvgIpc) is 2.15. The monoisotopic (exact) mass is 214 g/mol.